The highest BCUT2D eigenvalue weighted by atomic mass is 16.2. The van der Waals surface area contributed by atoms with E-state index in [4.69, 9.17) is 0 Å². The van der Waals surface area contributed by atoms with Crippen molar-refractivity contribution in [2.45, 2.75) is 56.9 Å². The minimum atomic E-state index is -0.272. The summed E-state index contributed by atoms with van der Waals surface area (Å²) in [6.07, 6.45) is 9.74. The van der Waals surface area contributed by atoms with E-state index < -0.39 is 0 Å². The van der Waals surface area contributed by atoms with Gasteiger partial charge in [0.15, 0.2) is 0 Å². The fourth-order valence-corrected chi connectivity index (χ4v) is 4.61. The summed E-state index contributed by atoms with van der Waals surface area (Å²) in [6, 6.07) is 0. The Morgan fingerprint density at radius 3 is 2.00 bits per heavy atom. The fourth-order valence-electron chi connectivity index (χ4n) is 4.61. The average Bonchev–Trinajstić information content (AvgIpc) is 3.39. The van der Waals surface area contributed by atoms with Gasteiger partial charge in [-0.15, -0.1) is 0 Å². The molecular weight excluding hydrogens is 278 g/mol. The van der Waals surface area contributed by atoms with Crippen LogP contribution in [0.3, 0.4) is 0 Å². The number of nitrogens with zero attached hydrogens (tertiary/aromatic N) is 2. The number of aromatic nitrogens is 3. The average molecular weight is 301 g/mol. The molecule has 22 heavy (non-hydrogen) atoms. The number of allylic oxidation sites excluding steroid dienone is 2. The number of nitrogens with one attached hydrogen (secondary N) is 1. The van der Waals surface area contributed by atoms with Gasteiger partial charge in [0.25, 0.3) is 0 Å². The second-order valence-corrected chi connectivity index (χ2v) is 7.76. The van der Waals surface area contributed by atoms with E-state index in [9.17, 15) is 9.59 Å². The third-order valence-corrected chi connectivity index (χ3v) is 6.06. The van der Waals surface area contributed by atoms with Gasteiger partial charge in [-0.1, -0.05) is 5.57 Å². The Morgan fingerprint density at radius 1 is 1.05 bits per heavy atom. The maximum atomic E-state index is 12.8. The van der Waals surface area contributed by atoms with Crippen LogP contribution in [0.15, 0.2) is 20.7 Å². The molecule has 0 bridgehead atoms. The summed E-state index contributed by atoms with van der Waals surface area (Å²) >= 11 is 0. The van der Waals surface area contributed by atoms with Gasteiger partial charge >= 0.3 is 11.4 Å². The molecule has 0 aliphatic heterocycles. The van der Waals surface area contributed by atoms with Crippen molar-refractivity contribution in [3.8, 4) is 0 Å². The fraction of sp³-hybridized carbons (Fsp3) is 0.765. The zero-order valence-corrected chi connectivity index (χ0v) is 13.1. The molecular formula is C17H23N3O2. The number of hydrogen-bond donors (Lipinski definition) is 1. The van der Waals surface area contributed by atoms with Crippen molar-refractivity contribution in [1.82, 2.24) is 14.3 Å². The van der Waals surface area contributed by atoms with Crippen LogP contribution in [0.2, 0.25) is 0 Å². The molecule has 4 fully saturated rings. The lowest BCUT2D eigenvalue weighted by Crippen LogP contribution is -2.48. The molecule has 1 aromatic rings. The molecule has 5 rings (SSSR count). The lowest BCUT2D eigenvalue weighted by Gasteiger charge is -2.38. The standard InChI is InChI=1S/C17H23N3O2/c1-19-15(21)18-20(16(19)22)17(12-6-7-12,13-8-9-13)14(10-2-3-10)11-4-5-11/h10,12-13H,2-9H2,1H3,(H,18,21). The first-order valence-corrected chi connectivity index (χ1v) is 8.75. The summed E-state index contributed by atoms with van der Waals surface area (Å²) in [6.45, 7) is 0. The molecule has 4 aliphatic rings. The zero-order chi connectivity index (χ0) is 15.1. The summed E-state index contributed by atoms with van der Waals surface area (Å²) < 4.78 is 3.01. The first-order chi connectivity index (χ1) is 10.6. The van der Waals surface area contributed by atoms with Crippen molar-refractivity contribution in [1.29, 1.82) is 0 Å². The molecule has 1 heterocycles. The summed E-state index contributed by atoms with van der Waals surface area (Å²) in [5.74, 6) is 1.79. The first-order valence-electron chi connectivity index (χ1n) is 8.75. The van der Waals surface area contributed by atoms with Gasteiger partial charge in [-0.25, -0.2) is 23.9 Å². The van der Waals surface area contributed by atoms with Crippen molar-refractivity contribution in [2.24, 2.45) is 24.8 Å². The molecule has 4 aliphatic carbocycles. The Hall–Kier alpha value is -1.52. The summed E-state index contributed by atoms with van der Waals surface area (Å²) in [5.41, 5.74) is 2.55. The van der Waals surface area contributed by atoms with Gasteiger partial charge in [-0.05, 0) is 74.7 Å². The lowest BCUT2D eigenvalue weighted by atomic mass is 9.77. The van der Waals surface area contributed by atoms with Crippen LogP contribution in [0.25, 0.3) is 0 Å². The van der Waals surface area contributed by atoms with E-state index in [1.807, 2.05) is 0 Å². The van der Waals surface area contributed by atoms with Gasteiger partial charge in [-0.2, -0.15) is 0 Å². The second kappa shape index (κ2) is 4.06. The van der Waals surface area contributed by atoms with E-state index in [0.717, 1.165) is 0 Å². The van der Waals surface area contributed by atoms with Crippen LogP contribution < -0.4 is 11.4 Å². The van der Waals surface area contributed by atoms with Crippen LogP contribution in [-0.4, -0.2) is 14.3 Å². The van der Waals surface area contributed by atoms with Gasteiger partial charge in [-0.3, -0.25) is 0 Å². The van der Waals surface area contributed by atoms with Gasteiger partial charge < -0.3 is 0 Å². The molecule has 0 saturated heterocycles. The molecule has 0 atom stereocenters. The van der Waals surface area contributed by atoms with Crippen LogP contribution in [0, 0.1) is 17.8 Å². The van der Waals surface area contributed by atoms with Crippen molar-refractivity contribution >= 4 is 0 Å². The predicted molar refractivity (Wildman–Crippen MR) is 82.7 cm³/mol. The normalized spacial score (nSPS) is 24.7. The highest BCUT2D eigenvalue weighted by molar-refractivity contribution is 5.40. The Bertz CT molecular complexity index is 764. The quantitative estimate of drug-likeness (QED) is 0.844. The molecule has 0 spiro atoms. The topological polar surface area (TPSA) is 59.8 Å². The minimum Gasteiger partial charge on any atom is -0.246 e. The van der Waals surface area contributed by atoms with E-state index in [2.05, 4.69) is 5.10 Å². The Labute approximate surface area is 129 Å². The molecule has 4 saturated carbocycles. The molecule has 0 amide bonds. The van der Waals surface area contributed by atoms with Crippen LogP contribution >= 0.6 is 0 Å². The largest absolute Gasteiger partial charge is 0.347 e. The monoisotopic (exact) mass is 301 g/mol. The van der Waals surface area contributed by atoms with E-state index in [1.165, 1.54) is 55.9 Å². The summed E-state index contributed by atoms with van der Waals surface area (Å²) in [4.78, 5) is 24.8. The predicted octanol–water partition coefficient (Wildman–Crippen LogP) is 1.89. The summed E-state index contributed by atoms with van der Waals surface area (Å²) in [5, 5.41) is 2.92. The number of aromatic amines is 1. The Morgan fingerprint density at radius 2 is 1.64 bits per heavy atom. The SMILES string of the molecule is Cn1c(=O)[nH]n(C(C(=C2CC2)C2CC2)(C2CC2)C2CC2)c1=O. The number of H-pyrrole nitrogens is 1. The molecule has 1 aromatic heterocycles. The maximum absolute atomic E-state index is 12.8. The first kappa shape index (κ1) is 13.0. The van der Waals surface area contributed by atoms with Crippen LogP contribution in [0.5, 0.6) is 0 Å². The maximum Gasteiger partial charge on any atom is 0.347 e. The molecule has 0 radical (unpaired) electrons. The third kappa shape index (κ3) is 1.65. The summed E-state index contributed by atoms with van der Waals surface area (Å²) in [7, 11) is 1.59. The van der Waals surface area contributed by atoms with Crippen LogP contribution in [-0.2, 0) is 12.6 Å². The van der Waals surface area contributed by atoms with Crippen molar-refractivity contribution in [3.05, 3.63) is 32.1 Å². The highest BCUT2D eigenvalue weighted by Gasteiger charge is 2.62. The van der Waals surface area contributed by atoms with Crippen molar-refractivity contribution < 1.29 is 0 Å². The molecule has 5 nitrogen and oxygen atoms in total. The third-order valence-electron chi connectivity index (χ3n) is 6.06. The zero-order valence-electron chi connectivity index (χ0n) is 13.1. The van der Waals surface area contributed by atoms with Crippen LogP contribution in [0.4, 0.5) is 0 Å². The Balaban J connectivity index is 1.79. The van der Waals surface area contributed by atoms with Gasteiger partial charge in [0, 0.05) is 7.05 Å². The molecule has 0 unspecified atom stereocenters. The minimum absolute atomic E-state index is 0.150. The van der Waals surface area contributed by atoms with E-state index in [1.54, 1.807) is 22.9 Å². The van der Waals surface area contributed by atoms with Gasteiger partial charge in [0.1, 0.15) is 0 Å². The molecule has 0 aromatic carbocycles. The second-order valence-electron chi connectivity index (χ2n) is 7.76. The van der Waals surface area contributed by atoms with E-state index in [0.29, 0.717) is 17.8 Å². The van der Waals surface area contributed by atoms with E-state index >= 15 is 0 Å². The van der Waals surface area contributed by atoms with Crippen molar-refractivity contribution in [2.75, 3.05) is 0 Å². The molecule has 5 heteroatoms. The van der Waals surface area contributed by atoms with Gasteiger partial charge in [0.05, 0.1) is 5.54 Å². The van der Waals surface area contributed by atoms with E-state index in [-0.39, 0.29) is 16.9 Å². The highest BCUT2D eigenvalue weighted by Crippen LogP contribution is 2.65. The lowest BCUT2D eigenvalue weighted by molar-refractivity contribution is 0.207. The molecule has 118 valence electrons. The molecule has 1 N–H and O–H groups in total. The van der Waals surface area contributed by atoms with Crippen molar-refractivity contribution in [3.63, 3.8) is 0 Å². The van der Waals surface area contributed by atoms with Crippen LogP contribution in [0.1, 0.15) is 51.4 Å². The van der Waals surface area contributed by atoms with Gasteiger partial charge in [0.2, 0.25) is 0 Å². The number of rotatable bonds is 5. The smallest absolute Gasteiger partial charge is 0.246 e. The Kier molecular flexibility index (Phi) is 2.39. The number of hydrogen-bond acceptors (Lipinski definition) is 2.